The first kappa shape index (κ1) is 5.73. The predicted octanol–water partition coefficient (Wildman–Crippen LogP) is 1.54. The van der Waals surface area contributed by atoms with Gasteiger partial charge in [-0.05, 0) is 12.1 Å². The Bertz CT molecular complexity index is 244. The zero-order valence-electron chi connectivity index (χ0n) is 5.11. The van der Waals surface area contributed by atoms with Crippen molar-refractivity contribution in [3.8, 4) is 0 Å². The van der Waals surface area contributed by atoms with Crippen molar-refractivity contribution in [3.05, 3.63) is 18.3 Å². The van der Waals surface area contributed by atoms with Crippen molar-refractivity contribution in [1.82, 2.24) is 4.98 Å². The lowest BCUT2D eigenvalue weighted by Gasteiger charge is -2.07. The maximum Gasteiger partial charge on any atom is 0.127 e. The molecule has 1 N–H and O–H groups in total. The van der Waals surface area contributed by atoms with Gasteiger partial charge in [-0.15, -0.1) is 0 Å². The molecule has 3 nitrogen and oxygen atoms in total. The number of nitrogens with zero attached hydrogens (tertiary/aromatic N) is 2. The van der Waals surface area contributed by atoms with E-state index in [4.69, 9.17) is 0 Å². The number of anilines is 1. The molecular formula is C6H5N3S. The maximum atomic E-state index is 4.13. The van der Waals surface area contributed by atoms with Crippen molar-refractivity contribution in [2.75, 3.05) is 5.43 Å². The molecule has 0 saturated carbocycles. The average Bonchev–Trinajstić information content (AvgIpc) is 2.05. The lowest BCUT2D eigenvalue weighted by Crippen LogP contribution is -1.96. The van der Waals surface area contributed by atoms with Gasteiger partial charge in [0.15, 0.2) is 0 Å². The standard InChI is InChI=1S/C6H5N3S/c1-2-5-6(7-3-1)10-4-8-9-5/h1-4,9H. The maximum absolute atomic E-state index is 4.13. The molecule has 0 bridgehead atoms. The van der Waals surface area contributed by atoms with Gasteiger partial charge in [0, 0.05) is 6.20 Å². The largest absolute Gasteiger partial charge is 0.275 e. The molecule has 0 amide bonds. The number of hydrogen-bond donors (Lipinski definition) is 1. The van der Waals surface area contributed by atoms with Crippen LogP contribution in [0.2, 0.25) is 0 Å². The quantitative estimate of drug-likeness (QED) is 0.611. The van der Waals surface area contributed by atoms with Crippen molar-refractivity contribution in [3.63, 3.8) is 0 Å². The number of fused-ring (bicyclic) bond motifs is 1. The van der Waals surface area contributed by atoms with Crippen molar-refractivity contribution < 1.29 is 0 Å². The second-order valence-electron chi connectivity index (χ2n) is 1.82. The molecule has 1 aliphatic rings. The van der Waals surface area contributed by atoms with Gasteiger partial charge >= 0.3 is 0 Å². The first-order valence-corrected chi connectivity index (χ1v) is 3.74. The van der Waals surface area contributed by atoms with Crippen molar-refractivity contribution in [1.29, 1.82) is 0 Å². The van der Waals surface area contributed by atoms with Gasteiger partial charge < -0.3 is 0 Å². The Hall–Kier alpha value is -1.03. The van der Waals surface area contributed by atoms with Gasteiger partial charge in [0.1, 0.15) is 5.03 Å². The van der Waals surface area contributed by atoms with Crippen LogP contribution in [-0.4, -0.2) is 10.5 Å². The van der Waals surface area contributed by atoms with Crippen molar-refractivity contribution in [2.24, 2.45) is 5.10 Å². The number of thioether (sulfide) groups is 1. The monoisotopic (exact) mass is 151 g/mol. The Kier molecular flexibility index (Phi) is 1.32. The molecule has 2 rings (SSSR count). The van der Waals surface area contributed by atoms with E-state index in [1.165, 1.54) is 11.8 Å². The SMILES string of the molecule is C1=NNc2cccnc2S1. The summed E-state index contributed by atoms with van der Waals surface area (Å²) in [5, 5.41) is 4.85. The van der Waals surface area contributed by atoms with Crippen LogP contribution in [0.25, 0.3) is 0 Å². The first-order valence-electron chi connectivity index (χ1n) is 2.86. The highest BCUT2D eigenvalue weighted by atomic mass is 32.2. The highest BCUT2D eigenvalue weighted by Crippen LogP contribution is 2.25. The zero-order chi connectivity index (χ0) is 6.81. The van der Waals surface area contributed by atoms with E-state index >= 15 is 0 Å². The average molecular weight is 151 g/mol. The third kappa shape index (κ3) is 0.863. The number of hydrogen-bond acceptors (Lipinski definition) is 4. The molecule has 0 aliphatic carbocycles. The molecule has 10 heavy (non-hydrogen) atoms. The van der Waals surface area contributed by atoms with Crippen LogP contribution in [-0.2, 0) is 0 Å². The van der Waals surface area contributed by atoms with Gasteiger partial charge in [-0.1, -0.05) is 11.8 Å². The van der Waals surface area contributed by atoms with E-state index in [1.807, 2.05) is 12.1 Å². The van der Waals surface area contributed by atoms with E-state index in [9.17, 15) is 0 Å². The zero-order valence-corrected chi connectivity index (χ0v) is 5.93. The second-order valence-corrected chi connectivity index (χ2v) is 2.65. The Balaban J connectivity index is 2.47. The predicted molar refractivity (Wildman–Crippen MR) is 42.2 cm³/mol. The minimum atomic E-state index is 0.981. The molecule has 0 spiro atoms. The minimum absolute atomic E-state index is 0.981. The number of nitrogens with one attached hydrogen (secondary N) is 1. The number of hydrazone groups is 1. The van der Waals surface area contributed by atoms with Crippen LogP contribution in [0.5, 0.6) is 0 Å². The van der Waals surface area contributed by atoms with E-state index in [2.05, 4.69) is 15.5 Å². The molecule has 50 valence electrons. The molecule has 0 atom stereocenters. The van der Waals surface area contributed by atoms with Gasteiger partial charge in [0.05, 0.1) is 11.2 Å². The van der Waals surface area contributed by atoms with Crippen LogP contribution in [0.15, 0.2) is 28.5 Å². The second kappa shape index (κ2) is 2.30. The summed E-state index contributed by atoms with van der Waals surface area (Å²) in [6.45, 7) is 0. The molecule has 1 aromatic rings. The third-order valence-electron chi connectivity index (χ3n) is 1.17. The van der Waals surface area contributed by atoms with Gasteiger partial charge in [-0.25, -0.2) is 4.98 Å². The van der Waals surface area contributed by atoms with Crippen molar-refractivity contribution >= 4 is 23.0 Å². The Morgan fingerprint density at radius 1 is 1.50 bits per heavy atom. The Morgan fingerprint density at radius 3 is 3.40 bits per heavy atom. The van der Waals surface area contributed by atoms with E-state index in [-0.39, 0.29) is 0 Å². The Morgan fingerprint density at radius 2 is 2.50 bits per heavy atom. The highest BCUT2D eigenvalue weighted by Gasteiger charge is 2.03. The summed E-state index contributed by atoms with van der Waals surface area (Å²) in [6, 6.07) is 3.83. The molecule has 0 radical (unpaired) electrons. The minimum Gasteiger partial charge on any atom is -0.275 e. The van der Waals surface area contributed by atoms with Crippen LogP contribution in [0.1, 0.15) is 0 Å². The number of rotatable bonds is 0. The fraction of sp³-hybridized carbons (Fsp3) is 0. The topological polar surface area (TPSA) is 37.3 Å². The fourth-order valence-electron chi connectivity index (χ4n) is 0.742. The first-order chi connectivity index (χ1) is 4.97. The summed E-state index contributed by atoms with van der Waals surface area (Å²) < 4.78 is 0. The summed E-state index contributed by atoms with van der Waals surface area (Å²) >= 11 is 1.52. The Labute approximate surface area is 62.5 Å². The molecule has 0 aromatic carbocycles. The molecule has 4 heteroatoms. The summed E-state index contributed by atoms with van der Waals surface area (Å²) in [7, 11) is 0. The van der Waals surface area contributed by atoms with Crippen LogP contribution >= 0.6 is 11.8 Å². The number of aromatic nitrogens is 1. The lowest BCUT2D eigenvalue weighted by atomic mass is 10.4. The smallest absolute Gasteiger partial charge is 0.127 e. The summed E-state index contributed by atoms with van der Waals surface area (Å²) in [4.78, 5) is 4.13. The van der Waals surface area contributed by atoms with Gasteiger partial charge in [0.25, 0.3) is 0 Å². The summed E-state index contributed by atoms with van der Waals surface area (Å²) in [5.74, 6) is 0. The van der Waals surface area contributed by atoms with Gasteiger partial charge in [0.2, 0.25) is 0 Å². The van der Waals surface area contributed by atoms with E-state index in [0.29, 0.717) is 0 Å². The molecule has 0 unspecified atom stereocenters. The molecule has 1 aromatic heterocycles. The summed E-state index contributed by atoms with van der Waals surface area (Å²) in [6.07, 6.45) is 1.77. The molecule has 1 aliphatic heterocycles. The van der Waals surface area contributed by atoms with E-state index in [0.717, 1.165) is 10.7 Å². The van der Waals surface area contributed by atoms with Crippen LogP contribution < -0.4 is 5.43 Å². The normalized spacial score (nSPS) is 14.0. The molecule has 0 fully saturated rings. The highest BCUT2D eigenvalue weighted by molar-refractivity contribution is 8.12. The van der Waals surface area contributed by atoms with Crippen molar-refractivity contribution in [2.45, 2.75) is 5.03 Å². The molecular weight excluding hydrogens is 146 g/mol. The third-order valence-corrected chi connectivity index (χ3v) is 1.93. The summed E-state index contributed by atoms with van der Waals surface area (Å²) in [5.41, 5.74) is 5.56. The lowest BCUT2D eigenvalue weighted by molar-refractivity contribution is 1.11. The number of pyridine rings is 1. The van der Waals surface area contributed by atoms with E-state index in [1.54, 1.807) is 11.7 Å². The van der Waals surface area contributed by atoms with Gasteiger partial charge in [-0.2, -0.15) is 5.10 Å². The molecule has 0 saturated heterocycles. The van der Waals surface area contributed by atoms with E-state index < -0.39 is 0 Å². The van der Waals surface area contributed by atoms with Crippen LogP contribution in [0, 0.1) is 0 Å². The van der Waals surface area contributed by atoms with Crippen LogP contribution in [0.3, 0.4) is 0 Å². The fourth-order valence-corrected chi connectivity index (χ4v) is 1.31. The molecule has 2 heterocycles. The van der Waals surface area contributed by atoms with Crippen LogP contribution in [0.4, 0.5) is 5.69 Å². The van der Waals surface area contributed by atoms with Gasteiger partial charge in [-0.3, -0.25) is 5.43 Å².